The van der Waals surface area contributed by atoms with E-state index in [-0.39, 0.29) is 17.2 Å². The molecule has 114 valence electrons. The van der Waals surface area contributed by atoms with E-state index in [9.17, 15) is 4.79 Å². The zero-order valence-electron chi connectivity index (χ0n) is 12.8. The third-order valence-corrected chi connectivity index (χ3v) is 6.58. The van der Waals surface area contributed by atoms with Gasteiger partial charge in [-0.15, -0.1) is 11.3 Å². The predicted molar refractivity (Wildman–Crippen MR) is 84.1 cm³/mol. The Labute approximate surface area is 130 Å². The lowest BCUT2D eigenvalue weighted by Crippen LogP contribution is -2.58. The highest BCUT2D eigenvalue weighted by Gasteiger charge is 2.60. The smallest absolute Gasteiger partial charge is 0.244 e. The number of amides is 1. The van der Waals surface area contributed by atoms with Crippen molar-refractivity contribution < 1.29 is 4.79 Å². The Bertz CT molecular complexity index is 546. The molecule has 2 heterocycles. The van der Waals surface area contributed by atoms with Crippen molar-refractivity contribution in [1.82, 2.24) is 15.1 Å². The van der Waals surface area contributed by atoms with Crippen LogP contribution in [0.3, 0.4) is 0 Å². The lowest BCUT2D eigenvalue weighted by Gasteiger charge is -2.49. The fraction of sp³-hybridized carbons (Fsp3) is 0.688. The van der Waals surface area contributed by atoms with Crippen LogP contribution in [0.25, 0.3) is 0 Å². The summed E-state index contributed by atoms with van der Waals surface area (Å²) in [5.41, 5.74) is -0.0425. The standard InChI is InChI=1S/C16H23N3OS/c1-18(2)15(6-4-7-15)11-19-13(12-5-3-10-21-12)17-16(8-9-16)14(19)20/h3,5,10,13,17H,4,6-9,11H2,1-2H3. The van der Waals surface area contributed by atoms with E-state index in [1.54, 1.807) is 11.3 Å². The number of thiophene rings is 1. The molecule has 0 radical (unpaired) electrons. The molecule has 2 aliphatic carbocycles. The molecule has 4 rings (SSSR count). The molecule has 1 amide bonds. The van der Waals surface area contributed by atoms with Crippen LogP contribution in [-0.2, 0) is 4.79 Å². The number of hydrogen-bond acceptors (Lipinski definition) is 4. The number of carbonyl (C=O) groups is 1. The summed E-state index contributed by atoms with van der Waals surface area (Å²) in [6.07, 6.45) is 5.76. The van der Waals surface area contributed by atoms with Crippen molar-refractivity contribution in [2.75, 3.05) is 20.6 Å². The molecule has 3 aliphatic rings. The van der Waals surface area contributed by atoms with Crippen molar-refractivity contribution in [3.8, 4) is 0 Å². The number of hydrogen-bond donors (Lipinski definition) is 1. The molecule has 1 atom stereocenters. The molecule has 1 aliphatic heterocycles. The van der Waals surface area contributed by atoms with Crippen molar-refractivity contribution in [2.45, 2.75) is 49.3 Å². The molecule has 1 aromatic heterocycles. The summed E-state index contributed by atoms with van der Waals surface area (Å²) in [6.45, 7) is 0.857. The highest BCUT2D eigenvalue weighted by molar-refractivity contribution is 7.10. The lowest BCUT2D eigenvalue weighted by molar-refractivity contribution is -0.133. The highest BCUT2D eigenvalue weighted by atomic mass is 32.1. The topological polar surface area (TPSA) is 35.6 Å². The first-order valence-corrected chi connectivity index (χ1v) is 8.74. The van der Waals surface area contributed by atoms with Gasteiger partial charge in [-0.05, 0) is 57.6 Å². The molecule has 4 nitrogen and oxygen atoms in total. The fourth-order valence-electron chi connectivity index (χ4n) is 3.76. The van der Waals surface area contributed by atoms with Gasteiger partial charge in [-0.25, -0.2) is 0 Å². The van der Waals surface area contributed by atoms with Crippen LogP contribution >= 0.6 is 11.3 Å². The molecule has 0 bridgehead atoms. The maximum Gasteiger partial charge on any atom is 0.244 e. The van der Waals surface area contributed by atoms with Crippen LogP contribution in [0.2, 0.25) is 0 Å². The van der Waals surface area contributed by atoms with Crippen molar-refractivity contribution in [3.05, 3.63) is 22.4 Å². The summed E-state index contributed by atoms with van der Waals surface area (Å²) in [6, 6.07) is 4.22. The monoisotopic (exact) mass is 305 g/mol. The predicted octanol–water partition coefficient (Wildman–Crippen LogP) is 2.20. The van der Waals surface area contributed by atoms with Crippen molar-refractivity contribution >= 4 is 17.2 Å². The molecule has 1 unspecified atom stereocenters. The number of nitrogens with zero attached hydrogens (tertiary/aromatic N) is 2. The van der Waals surface area contributed by atoms with E-state index in [0.717, 1.165) is 19.4 Å². The third kappa shape index (κ3) is 1.98. The minimum absolute atomic E-state index is 0.0809. The molecule has 1 N–H and O–H groups in total. The molecule has 1 aromatic rings. The van der Waals surface area contributed by atoms with Gasteiger partial charge in [0.1, 0.15) is 11.7 Å². The second-order valence-electron chi connectivity index (χ2n) is 7.05. The zero-order valence-corrected chi connectivity index (χ0v) is 13.6. The van der Waals surface area contributed by atoms with Crippen LogP contribution in [0.1, 0.15) is 43.1 Å². The summed E-state index contributed by atoms with van der Waals surface area (Å²) < 4.78 is 0. The first kappa shape index (κ1) is 13.7. The van der Waals surface area contributed by atoms with E-state index in [1.807, 2.05) is 0 Å². The van der Waals surface area contributed by atoms with Crippen LogP contribution in [0.15, 0.2) is 17.5 Å². The van der Waals surface area contributed by atoms with Gasteiger partial charge in [-0.1, -0.05) is 6.07 Å². The Morgan fingerprint density at radius 2 is 2.14 bits per heavy atom. The molecule has 1 spiro atoms. The summed E-state index contributed by atoms with van der Waals surface area (Å²) in [7, 11) is 4.31. The van der Waals surface area contributed by atoms with Crippen LogP contribution in [0.5, 0.6) is 0 Å². The Morgan fingerprint density at radius 3 is 2.62 bits per heavy atom. The lowest BCUT2D eigenvalue weighted by atomic mass is 9.75. The SMILES string of the molecule is CN(C)C1(CN2C(=O)C3(CC3)NC2c2cccs2)CCC1. The summed E-state index contributed by atoms with van der Waals surface area (Å²) >= 11 is 1.74. The maximum absolute atomic E-state index is 12.9. The number of nitrogens with one attached hydrogen (secondary N) is 1. The fourth-order valence-corrected chi connectivity index (χ4v) is 4.55. The largest absolute Gasteiger partial charge is 0.319 e. The average Bonchev–Trinajstić information content (AvgIpc) is 2.89. The van der Waals surface area contributed by atoms with E-state index in [4.69, 9.17) is 0 Å². The van der Waals surface area contributed by atoms with Crippen molar-refractivity contribution in [1.29, 1.82) is 0 Å². The minimum atomic E-state index is -0.230. The van der Waals surface area contributed by atoms with Crippen molar-refractivity contribution in [3.63, 3.8) is 0 Å². The normalized spacial score (nSPS) is 29.2. The third-order valence-electron chi connectivity index (χ3n) is 5.66. The van der Waals surface area contributed by atoms with E-state index in [1.165, 1.54) is 24.1 Å². The molecule has 5 heteroatoms. The average molecular weight is 305 g/mol. The second-order valence-corrected chi connectivity index (χ2v) is 8.03. The first-order chi connectivity index (χ1) is 10.1. The van der Waals surface area contributed by atoms with E-state index < -0.39 is 0 Å². The van der Waals surface area contributed by atoms with Gasteiger partial charge in [-0.2, -0.15) is 0 Å². The molecule has 3 fully saturated rings. The second kappa shape index (κ2) is 4.54. The Morgan fingerprint density at radius 1 is 1.38 bits per heavy atom. The molecule has 1 saturated heterocycles. The van der Waals surface area contributed by atoms with Gasteiger partial charge in [0, 0.05) is 17.0 Å². The molecule has 0 aromatic carbocycles. The van der Waals surface area contributed by atoms with E-state index in [0.29, 0.717) is 5.91 Å². The van der Waals surface area contributed by atoms with Gasteiger partial charge >= 0.3 is 0 Å². The van der Waals surface area contributed by atoms with Crippen LogP contribution in [0, 0.1) is 0 Å². The van der Waals surface area contributed by atoms with Gasteiger partial charge in [0.15, 0.2) is 0 Å². The number of likely N-dealkylation sites (N-methyl/N-ethyl adjacent to an activating group) is 1. The minimum Gasteiger partial charge on any atom is -0.319 e. The molecule has 21 heavy (non-hydrogen) atoms. The van der Waals surface area contributed by atoms with Gasteiger partial charge in [0.2, 0.25) is 5.91 Å². The summed E-state index contributed by atoms with van der Waals surface area (Å²) in [4.78, 5) is 18.6. The van der Waals surface area contributed by atoms with Crippen molar-refractivity contribution in [2.24, 2.45) is 0 Å². The Kier molecular flexibility index (Phi) is 2.97. The number of carbonyl (C=O) groups excluding carboxylic acids is 1. The van der Waals surface area contributed by atoms with E-state index in [2.05, 4.69) is 46.7 Å². The molecular weight excluding hydrogens is 282 g/mol. The summed E-state index contributed by atoms with van der Waals surface area (Å²) in [5, 5.41) is 5.72. The maximum atomic E-state index is 12.9. The zero-order chi connectivity index (χ0) is 14.7. The van der Waals surface area contributed by atoms with Gasteiger partial charge < -0.3 is 9.80 Å². The van der Waals surface area contributed by atoms with Crippen LogP contribution in [0.4, 0.5) is 0 Å². The first-order valence-electron chi connectivity index (χ1n) is 7.86. The number of rotatable bonds is 4. The Hall–Kier alpha value is -0.910. The van der Waals surface area contributed by atoms with Crippen LogP contribution < -0.4 is 5.32 Å². The highest BCUT2D eigenvalue weighted by Crippen LogP contribution is 2.48. The van der Waals surface area contributed by atoms with Gasteiger partial charge in [0.05, 0.1) is 0 Å². The summed E-state index contributed by atoms with van der Waals surface area (Å²) in [5.74, 6) is 0.328. The van der Waals surface area contributed by atoms with Gasteiger partial charge in [-0.3, -0.25) is 10.1 Å². The molecular formula is C16H23N3OS. The van der Waals surface area contributed by atoms with Crippen LogP contribution in [-0.4, -0.2) is 47.4 Å². The Balaban J connectivity index is 1.63. The quantitative estimate of drug-likeness (QED) is 0.926. The molecule has 2 saturated carbocycles. The van der Waals surface area contributed by atoms with E-state index >= 15 is 0 Å². The van der Waals surface area contributed by atoms with Gasteiger partial charge in [0.25, 0.3) is 0 Å².